The number of nitrogens with zero attached hydrogens (tertiary/aromatic N) is 6. The van der Waals surface area contributed by atoms with Crippen molar-refractivity contribution in [3.05, 3.63) is 72.4 Å². The standard InChI is InChI=1S/C20H21N7O/c28-19(27-13-11-26(12-14-27)18-6-2-4-9-22-18)17-7-10-23-20(25-17)24-15-16-5-1-3-8-21-16/h1-10H,11-15H2,(H,23,24,25). The second-order valence-electron chi connectivity index (χ2n) is 6.41. The molecule has 4 heterocycles. The second-order valence-corrected chi connectivity index (χ2v) is 6.41. The quantitative estimate of drug-likeness (QED) is 0.728. The van der Waals surface area contributed by atoms with Crippen LogP contribution in [-0.2, 0) is 6.54 Å². The smallest absolute Gasteiger partial charge is 0.272 e. The molecule has 0 saturated carbocycles. The highest BCUT2D eigenvalue weighted by molar-refractivity contribution is 5.92. The van der Waals surface area contributed by atoms with E-state index in [0.717, 1.165) is 24.6 Å². The Balaban J connectivity index is 1.36. The van der Waals surface area contributed by atoms with E-state index in [2.05, 4.69) is 30.2 Å². The third kappa shape index (κ3) is 4.22. The van der Waals surface area contributed by atoms with Gasteiger partial charge in [-0.2, -0.15) is 0 Å². The summed E-state index contributed by atoms with van der Waals surface area (Å²) in [6.45, 7) is 3.27. The lowest BCUT2D eigenvalue weighted by atomic mass is 10.2. The van der Waals surface area contributed by atoms with Crippen molar-refractivity contribution in [2.45, 2.75) is 6.54 Å². The molecule has 8 heteroatoms. The Morgan fingerprint density at radius 1 is 0.893 bits per heavy atom. The number of carbonyl (C=O) groups is 1. The second kappa shape index (κ2) is 8.43. The summed E-state index contributed by atoms with van der Waals surface area (Å²) in [5.74, 6) is 1.28. The van der Waals surface area contributed by atoms with E-state index >= 15 is 0 Å². The molecule has 0 aliphatic carbocycles. The van der Waals surface area contributed by atoms with Crippen LogP contribution < -0.4 is 10.2 Å². The number of anilines is 2. The molecule has 0 atom stereocenters. The normalized spacial score (nSPS) is 14.0. The van der Waals surface area contributed by atoms with Crippen molar-refractivity contribution < 1.29 is 4.79 Å². The van der Waals surface area contributed by atoms with E-state index in [1.54, 1.807) is 24.7 Å². The molecule has 3 aromatic heterocycles. The predicted octanol–water partition coefficient (Wildman–Crippen LogP) is 1.84. The van der Waals surface area contributed by atoms with E-state index in [0.29, 0.717) is 31.3 Å². The van der Waals surface area contributed by atoms with Crippen LogP contribution in [-0.4, -0.2) is 56.9 Å². The van der Waals surface area contributed by atoms with Gasteiger partial charge in [0.25, 0.3) is 5.91 Å². The first-order valence-corrected chi connectivity index (χ1v) is 9.22. The van der Waals surface area contributed by atoms with Crippen molar-refractivity contribution in [3.8, 4) is 0 Å². The van der Waals surface area contributed by atoms with Crippen molar-refractivity contribution in [2.24, 2.45) is 0 Å². The van der Waals surface area contributed by atoms with Crippen LogP contribution in [0.3, 0.4) is 0 Å². The van der Waals surface area contributed by atoms with Crippen molar-refractivity contribution >= 4 is 17.7 Å². The number of amides is 1. The summed E-state index contributed by atoms with van der Waals surface area (Å²) in [5.41, 5.74) is 1.28. The van der Waals surface area contributed by atoms with Gasteiger partial charge in [0.05, 0.1) is 12.2 Å². The highest BCUT2D eigenvalue weighted by Crippen LogP contribution is 2.14. The molecular formula is C20H21N7O. The Bertz CT molecular complexity index is 912. The Morgan fingerprint density at radius 2 is 1.68 bits per heavy atom. The Kier molecular flexibility index (Phi) is 5.37. The van der Waals surface area contributed by atoms with Gasteiger partial charge in [-0.25, -0.2) is 15.0 Å². The maximum absolute atomic E-state index is 12.8. The molecule has 0 radical (unpaired) electrons. The zero-order valence-electron chi connectivity index (χ0n) is 15.4. The van der Waals surface area contributed by atoms with E-state index in [1.807, 2.05) is 41.3 Å². The first kappa shape index (κ1) is 17.8. The lowest BCUT2D eigenvalue weighted by Gasteiger charge is -2.35. The zero-order valence-corrected chi connectivity index (χ0v) is 15.4. The summed E-state index contributed by atoms with van der Waals surface area (Å²) in [6, 6.07) is 13.2. The minimum absolute atomic E-state index is 0.0797. The number of aromatic nitrogens is 4. The largest absolute Gasteiger partial charge is 0.353 e. The predicted molar refractivity (Wildman–Crippen MR) is 106 cm³/mol. The van der Waals surface area contributed by atoms with Crippen LogP contribution in [0.25, 0.3) is 0 Å². The molecule has 1 N–H and O–H groups in total. The van der Waals surface area contributed by atoms with Crippen LogP contribution in [0, 0.1) is 0 Å². The fourth-order valence-electron chi connectivity index (χ4n) is 3.08. The molecule has 1 amide bonds. The molecule has 1 saturated heterocycles. The van der Waals surface area contributed by atoms with Crippen LogP contribution in [0.15, 0.2) is 61.1 Å². The number of piperazine rings is 1. The van der Waals surface area contributed by atoms with Gasteiger partial charge in [0.15, 0.2) is 0 Å². The molecule has 0 bridgehead atoms. The van der Waals surface area contributed by atoms with Crippen molar-refractivity contribution in [3.63, 3.8) is 0 Å². The highest BCUT2D eigenvalue weighted by Gasteiger charge is 2.23. The van der Waals surface area contributed by atoms with E-state index in [1.165, 1.54) is 0 Å². The third-order valence-electron chi connectivity index (χ3n) is 4.57. The minimum atomic E-state index is -0.0797. The van der Waals surface area contributed by atoms with E-state index in [4.69, 9.17) is 0 Å². The molecule has 1 fully saturated rings. The van der Waals surface area contributed by atoms with Crippen molar-refractivity contribution in [1.29, 1.82) is 0 Å². The molecule has 1 aliphatic heterocycles. The molecule has 0 unspecified atom stereocenters. The summed E-state index contributed by atoms with van der Waals surface area (Å²) >= 11 is 0. The molecule has 0 spiro atoms. The first-order valence-electron chi connectivity index (χ1n) is 9.22. The average molecular weight is 375 g/mol. The van der Waals surface area contributed by atoms with Gasteiger partial charge in [0.2, 0.25) is 5.95 Å². The zero-order chi connectivity index (χ0) is 19.2. The van der Waals surface area contributed by atoms with Gasteiger partial charge in [-0.3, -0.25) is 9.78 Å². The molecular weight excluding hydrogens is 354 g/mol. The molecule has 28 heavy (non-hydrogen) atoms. The third-order valence-corrected chi connectivity index (χ3v) is 4.57. The van der Waals surface area contributed by atoms with E-state index in [9.17, 15) is 4.79 Å². The van der Waals surface area contributed by atoms with Gasteiger partial charge in [0, 0.05) is 44.8 Å². The van der Waals surface area contributed by atoms with Crippen LogP contribution in [0.1, 0.15) is 16.2 Å². The summed E-state index contributed by atoms with van der Waals surface area (Å²) < 4.78 is 0. The van der Waals surface area contributed by atoms with Crippen LogP contribution in [0.5, 0.6) is 0 Å². The Hall–Kier alpha value is -3.55. The fourth-order valence-corrected chi connectivity index (χ4v) is 3.08. The summed E-state index contributed by atoms with van der Waals surface area (Å²) in [7, 11) is 0. The lowest BCUT2D eigenvalue weighted by Crippen LogP contribution is -2.49. The number of rotatable bonds is 5. The van der Waals surface area contributed by atoms with Gasteiger partial charge in [-0.15, -0.1) is 0 Å². The maximum atomic E-state index is 12.8. The van der Waals surface area contributed by atoms with Gasteiger partial charge >= 0.3 is 0 Å². The summed E-state index contributed by atoms with van der Waals surface area (Å²) in [4.78, 5) is 34.0. The molecule has 0 aromatic carbocycles. The Morgan fingerprint density at radius 3 is 2.39 bits per heavy atom. The molecule has 1 aliphatic rings. The monoisotopic (exact) mass is 375 g/mol. The highest BCUT2D eigenvalue weighted by atomic mass is 16.2. The van der Waals surface area contributed by atoms with Gasteiger partial charge < -0.3 is 15.1 Å². The van der Waals surface area contributed by atoms with Crippen molar-refractivity contribution in [2.75, 3.05) is 36.4 Å². The minimum Gasteiger partial charge on any atom is -0.353 e. The number of carbonyl (C=O) groups excluding carboxylic acids is 1. The fraction of sp³-hybridized carbons (Fsp3) is 0.250. The topological polar surface area (TPSA) is 87.1 Å². The van der Waals surface area contributed by atoms with Crippen LogP contribution in [0.4, 0.5) is 11.8 Å². The molecule has 8 nitrogen and oxygen atoms in total. The first-order chi connectivity index (χ1) is 13.8. The van der Waals surface area contributed by atoms with Gasteiger partial charge in [0.1, 0.15) is 11.5 Å². The molecule has 4 rings (SSSR count). The summed E-state index contributed by atoms with van der Waals surface area (Å²) in [5, 5.41) is 3.12. The van der Waals surface area contributed by atoms with Crippen LogP contribution >= 0.6 is 0 Å². The molecule has 142 valence electrons. The summed E-state index contributed by atoms with van der Waals surface area (Å²) in [6.07, 6.45) is 5.13. The Labute approximate surface area is 163 Å². The average Bonchev–Trinajstić information content (AvgIpc) is 2.79. The van der Waals surface area contributed by atoms with Gasteiger partial charge in [-0.1, -0.05) is 12.1 Å². The van der Waals surface area contributed by atoms with E-state index in [-0.39, 0.29) is 5.91 Å². The lowest BCUT2D eigenvalue weighted by molar-refractivity contribution is 0.0740. The number of nitrogens with one attached hydrogen (secondary N) is 1. The SMILES string of the molecule is O=C(c1ccnc(NCc2ccccn2)n1)N1CCN(c2ccccn2)CC1. The number of pyridine rings is 2. The maximum Gasteiger partial charge on any atom is 0.272 e. The molecule has 3 aromatic rings. The van der Waals surface area contributed by atoms with E-state index < -0.39 is 0 Å². The van der Waals surface area contributed by atoms with Gasteiger partial charge in [-0.05, 0) is 30.3 Å². The van der Waals surface area contributed by atoms with Crippen LogP contribution in [0.2, 0.25) is 0 Å². The number of hydrogen-bond donors (Lipinski definition) is 1. The van der Waals surface area contributed by atoms with Crippen molar-refractivity contribution in [1.82, 2.24) is 24.8 Å². The number of hydrogen-bond acceptors (Lipinski definition) is 7.